The lowest BCUT2D eigenvalue weighted by molar-refractivity contribution is -0.140. The van der Waals surface area contributed by atoms with E-state index in [1.807, 2.05) is 13.0 Å². The molecule has 0 aromatic heterocycles. The van der Waals surface area contributed by atoms with Gasteiger partial charge in [0.15, 0.2) is 0 Å². The Morgan fingerprint density at radius 3 is 1.85 bits per heavy atom. The lowest BCUT2D eigenvalue weighted by Gasteiger charge is -2.22. The molecule has 0 aromatic carbocycles. The largest absolute Gasteiger partial charge is 0.480 e. The molecule has 0 aliphatic carbocycles. The van der Waals surface area contributed by atoms with Gasteiger partial charge in [-0.05, 0) is 53.4 Å². The highest BCUT2D eigenvalue weighted by Gasteiger charge is 2.25. The van der Waals surface area contributed by atoms with Crippen molar-refractivity contribution in [2.24, 2.45) is 0 Å². The lowest BCUT2D eigenvalue weighted by atomic mass is 10.1. The van der Waals surface area contributed by atoms with E-state index in [1.54, 1.807) is 0 Å². The second-order valence-corrected chi connectivity index (χ2v) is 9.06. The number of hydrogen-bond donors (Lipinski definition) is 4. The van der Waals surface area contributed by atoms with Crippen LogP contribution in [0.5, 0.6) is 0 Å². The molecule has 0 spiro atoms. The maximum absolute atomic E-state index is 12.1. The zero-order valence-corrected chi connectivity index (χ0v) is 20.6. The van der Waals surface area contributed by atoms with Gasteiger partial charge in [-0.1, -0.05) is 34.9 Å². The molecule has 0 rings (SSSR count). The standard InChI is InChI=1S/C23H36N2O7S/c1-16(2)7-5-8-17(3)9-6-10-18(4)11-12-33-15-19(22(30)31)24-23(32)25(13-20(26)27)14-21(28)29/h7,9,11,19H,5-6,8,10,12-15H2,1-4H3,(H,24,32)(H,26,27)(H,28,29)(H,30,31)/b17-9+,18-11+/t19-/m0/s1. The molecule has 9 nitrogen and oxygen atoms in total. The fourth-order valence-corrected chi connectivity index (χ4v) is 3.67. The summed E-state index contributed by atoms with van der Waals surface area (Å²) in [5.41, 5.74) is 3.86. The van der Waals surface area contributed by atoms with Gasteiger partial charge in [0, 0.05) is 11.5 Å². The quantitative estimate of drug-likeness (QED) is 0.191. The summed E-state index contributed by atoms with van der Waals surface area (Å²) < 4.78 is 0. The summed E-state index contributed by atoms with van der Waals surface area (Å²) in [5.74, 6) is -3.46. The van der Waals surface area contributed by atoms with E-state index in [-0.39, 0.29) is 5.75 Å². The minimum atomic E-state index is -1.40. The summed E-state index contributed by atoms with van der Waals surface area (Å²) in [7, 11) is 0. The van der Waals surface area contributed by atoms with Crippen LogP contribution in [0.2, 0.25) is 0 Å². The van der Waals surface area contributed by atoms with Crippen LogP contribution in [0.3, 0.4) is 0 Å². The Morgan fingerprint density at radius 1 is 0.848 bits per heavy atom. The second kappa shape index (κ2) is 16.8. The summed E-state index contributed by atoms with van der Waals surface area (Å²) >= 11 is 1.31. The Hall–Kier alpha value is -2.75. The first-order valence-corrected chi connectivity index (χ1v) is 11.8. The summed E-state index contributed by atoms with van der Waals surface area (Å²) in [4.78, 5) is 45.8. The van der Waals surface area contributed by atoms with Crippen LogP contribution in [-0.4, -0.2) is 74.8 Å². The fraction of sp³-hybridized carbons (Fsp3) is 0.565. The van der Waals surface area contributed by atoms with Crippen molar-refractivity contribution in [3.05, 3.63) is 34.9 Å². The van der Waals surface area contributed by atoms with E-state index in [9.17, 15) is 24.3 Å². The number of amides is 2. The number of allylic oxidation sites excluding steroid dienone is 5. The predicted molar refractivity (Wildman–Crippen MR) is 130 cm³/mol. The van der Waals surface area contributed by atoms with Gasteiger partial charge in [0.1, 0.15) is 19.1 Å². The van der Waals surface area contributed by atoms with Crippen molar-refractivity contribution in [3.63, 3.8) is 0 Å². The van der Waals surface area contributed by atoms with Crippen molar-refractivity contribution >= 4 is 35.7 Å². The first-order chi connectivity index (χ1) is 15.4. The number of carboxylic acid groups (broad SMARTS) is 3. The number of carboxylic acids is 3. The predicted octanol–water partition coefficient (Wildman–Crippen LogP) is 3.77. The monoisotopic (exact) mass is 484 g/mol. The number of nitrogens with zero attached hydrogens (tertiary/aromatic N) is 1. The molecule has 0 radical (unpaired) electrons. The van der Waals surface area contributed by atoms with Crippen LogP contribution in [0.4, 0.5) is 4.79 Å². The van der Waals surface area contributed by atoms with E-state index < -0.39 is 43.1 Å². The minimum Gasteiger partial charge on any atom is -0.480 e. The molecule has 33 heavy (non-hydrogen) atoms. The average molecular weight is 485 g/mol. The van der Waals surface area contributed by atoms with Crippen LogP contribution in [0.15, 0.2) is 34.9 Å². The third kappa shape index (κ3) is 16.5. The van der Waals surface area contributed by atoms with Crippen LogP contribution in [0, 0.1) is 0 Å². The summed E-state index contributed by atoms with van der Waals surface area (Å²) in [6.07, 6.45) is 10.4. The zero-order valence-electron chi connectivity index (χ0n) is 19.8. The molecule has 0 aliphatic heterocycles. The van der Waals surface area contributed by atoms with Crippen molar-refractivity contribution < 1.29 is 34.5 Å². The molecule has 1 atom stereocenters. The van der Waals surface area contributed by atoms with Crippen molar-refractivity contribution in [2.45, 2.75) is 59.4 Å². The SMILES string of the molecule is CC(C)=CCC/C(C)=C/CC/C(C)=C/CSC[C@H](NC(=O)N(CC(=O)O)CC(=O)O)C(=O)O. The Morgan fingerprint density at radius 2 is 1.36 bits per heavy atom. The third-order valence-electron chi connectivity index (χ3n) is 4.49. The molecule has 0 unspecified atom stereocenters. The molecule has 10 heteroatoms. The van der Waals surface area contributed by atoms with Crippen LogP contribution >= 0.6 is 11.8 Å². The molecule has 0 heterocycles. The summed E-state index contributed by atoms with van der Waals surface area (Å²) in [6.45, 7) is 6.63. The van der Waals surface area contributed by atoms with E-state index in [4.69, 9.17) is 10.2 Å². The number of nitrogens with one attached hydrogen (secondary N) is 1. The number of thioether (sulfide) groups is 1. The Bertz CT molecular complexity index is 755. The first-order valence-electron chi connectivity index (χ1n) is 10.7. The van der Waals surface area contributed by atoms with E-state index in [2.05, 4.69) is 38.2 Å². The highest BCUT2D eigenvalue weighted by molar-refractivity contribution is 7.99. The normalized spacial score (nSPS) is 12.6. The zero-order chi connectivity index (χ0) is 25.4. The molecule has 0 aliphatic rings. The summed E-state index contributed by atoms with van der Waals surface area (Å²) in [5, 5.41) is 29.2. The molecule has 2 amide bonds. The molecular formula is C23H36N2O7S. The van der Waals surface area contributed by atoms with Gasteiger partial charge < -0.3 is 25.5 Å². The van der Waals surface area contributed by atoms with Crippen LogP contribution in [0.25, 0.3) is 0 Å². The fourth-order valence-electron chi connectivity index (χ4n) is 2.67. The number of carbonyl (C=O) groups excluding carboxylic acids is 1. The number of carbonyl (C=O) groups is 4. The number of rotatable bonds is 16. The maximum atomic E-state index is 12.1. The lowest BCUT2D eigenvalue weighted by Crippen LogP contribution is -2.51. The number of urea groups is 1. The minimum absolute atomic E-state index is 0.0577. The van der Waals surface area contributed by atoms with Gasteiger partial charge in [-0.25, -0.2) is 9.59 Å². The topological polar surface area (TPSA) is 144 Å². The average Bonchev–Trinajstić information content (AvgIpc) is 2.68. The van der Waals surface area contributed by atoms with E-state index >= 15 is 0 Å². The van der Waals surface area contributed by atoms with E-state index in [1.165, 1.54) is 28.5 Å². The highest BCUT2D eigenvalue weighted by Crippen LogP contribution is 2.13. The number of hydrogen-bond acceptors (Lipinski definition) is 5. The Kier molecular flexibility index (Phi) is 15.4. The second-order valence-electron chi connectivity index (χ2n) is 7.98. The van der Waals surface area contributed by atoms with E-state index in [0.29, 0.717) is 10.7 Å². The van der Waals surface area contributed by atoms with Crippen molar-refractivity contribution in [2.75, 3.05) is 24.6 Å². The molecule has 0 bridgehead atoms. The van der Waals surface area contributed by atoms with Gasteiger partial charge in [-0.2, -0.15) is 11.8 Å². The molecule has 0 fully saturated rings. The van der Waals surface area contributed by atoms with Crippen LogP contribution < -0.4 is 5.32 Å². The van der Waals surface area contributed by atoms with Crippen molar-refractivity contribution in [1.82, 2.24) is 10.2 Å². The van der Waals surface area contributed by atoms with Crippen LogP contribution in [0.1, 0.15) is 53.4 Å². The van der Waals surface area contributed by atoms with Crippen molar-refractivity contribution in [3.8, 4) is 0 Å². The smallest absolute Gasteiger partial charge is 0.327 e. The van der Waals surface area contributed by atoms with Gasteiger partial charge in [0.2, 0.25) is 0 Å². The molecular weight excluding hydrogens is 448 g/mol. The molecule has 4 N–H and O–H groups in total. The van der Waals surface area contributed by atoms with Crippen LogP contribution in [-0.2, 0) is 14.4 Å². The number of aliphatic carboxylic acids is 3. The molecule has 186 valence electrons. The van der Waals surface area contributed by atoms with Gasteiger partial charge in [0.25, 0.3) is 0 Å². The molecule has 0 saturated heterocycles. The highest BCUT2D eigenvalue weighted by atomic mass is 32.2. The Labute approximate surface area is 199 Å². The third-order valence-corrected chi connectivity index (χ3v) is 5.46. The van der Waals surface area contributed by atoms with Gasteiger partial charge in [-0.15, -0.1) is 0 Å². The molecule has 0 saturated carbocycles. The first kappa shape index (κ1) is 30.2. The maximum Gasteiger partial charge on any atom is 0.327 e. The van der Waals surface area contributed by atoms with Gasteiger partial charge in [-0.3, -0.25) is 9.59 Å². The van der Waals surface area contributed by atoms with Gasteiger partial charge >= 0.3 is 23.9 Å². The Balaban J connectivity index is 4.56. The van der Waals surface area contributed by atoms with E-state index in [0.717, 1.165) is 25.7 Å². The van der Waals surface area contributed by atoms with Gasteiger partial charge in [0.05, 0.1) is 0 Å². The molecule has 0 aromatic rings. The van der Waals surface area contributed by atoms with Crippen molar-refractivity contribution in [1.29, 1.82) is 0 Å². The summed E-state index contributed by atoms with van der Waals surface area (Å²) in [6, 6.07) is -2.32.